The van der Waals surface area contributed by atoms with Crippen molar-refractivity contribution in [2.75, 3.05) is 13.7 Å². The number of terminal acetylenes is 1. The van der Waals surface area contributed by atoms with E-state index in [2.05, 4.69) is 5.92 Å². The summed E-state index contributed by atoms with van der Waals surface area (Å²) in [5.41, 5.74) is 1.17. The SMILES string of the molecule is C#CCOc1ccc(C=C(C#N)c2ccccc2F)cc1OC. The van der Waals surface area contributed by atoms with Crippen LogP contribution in [0, 0.1) is 29.5 Å². The molecular formula is C19H14FNO2. The van der Waals surface area contributed by atoms with Crippen molar-refractivity contribution in [1.29, 1.82) is 5.26 Å². The van der Waals surface area contributed by atoms with Gasteiger partial charge in [0.05, 0.1) is 18.8 Å². The first-order chi connectivity index (χ1) is 11.2. The lowest BCUT2D eigenvalue weighted by molar-refractivity contribution is 0.331. The van der Waals surface area contributed by atoms with Gasteiger partial charge in [0, 0.05) is 5.56 Å². The molecule has 0 aromatic heterocycles. The summed E-state index contributed by atoms with van der Waals surface area (Å²) in [6.07, 6.45) is 6.75. The Kier molecular flexibility index (Phi) is 5.39. The molecule has 0 amide bonds. The summed E-state index contributed by atoms with van der Waals surface area (Å²) in [5.74, 6) is 2.93. The highest BCUT2D eigenvalue weighted by molar-refractivity contribution is 5.90. The zero-order valence-electron chi connectivity index (χ0n) is 12.5. The lowest BCUT2D eigenvalue weighted by Crippen LogP contribution is -1.97. The number of benzene rings is 2. The van der Waals surface area contributed by atoms with Crippen molar-refractivity contribution in [1.82, 2.24) is 0 Å². The van der Waals surface area contributed by atoms with E-state index in [9.17, 15) is 9.65 Å². The van der Waals surface area contributed by atoms with E-state index < -0.39 is 5.82 Å². The minimum Gasteiger partial charge on any atom is -0.493 e. The molecule has 0 fully saturated rings. The van der Waals surface area contributed by atoms with E-state index in [0.717, 1.165) is 0 Å². The van der Waals surface area contributed by atoms with E-state index in [1.807, 2.05) is 6.07 Å². The van der Waals surface area contributed by atoms with Crippen LogP contribution in [0.5, 0.6) is 11.5 Å². The van der Waals surface area contributed by atoms with Gasteiger partial charge in [-0.3, -0.25) is 0 Å². The molecule has 0 unspecified atom stereocenters. The Morgan fingerprint density at radius 1 is 1.26 bits per heavy atom. The van der Waals surface area contributed by atoms with Crippen LogP contribution in [-0.2, 0) is 0 Å². The highest BCUT2D eigenvalue weighted by atomic mass is 19.1. The van der Waals surface area contributed by atoms with Crippen molar-refractivity contribution in [2.45, 2.75) is 0 Å². The molecule has 0 saturated carbocycles. The van der Waals surface area contributed by atoms with Gasteiger partial charge < -0.3 is 9.47 Å². The maximum absolute atomic E-state index is 13.8. The molecule has 0 N–H and O–H groups in total. The van der Waals surface area contributed by atoms with Crippen LogP contribution in [0.25, 0.3) is 11.6 Å². The van der Waals surface area contributed by atoms with Crippen LogP contribution in [0.15, 0.2) is 42.5 Å². The van der Waals surface area contributed by atoms with E-state index in [1.165, 1.54) is 13.2 Å². The Hall–Kier alpha value is -3.24. The third-order valence-electron chi connectivity index (χ3n) is 3.09. The van der Waals surface area contributed by atoms with Gasteiger partial charge in [0.25, 0.3) is 0 Å². The predicted octanol–water partition coefficient (Wildman–Crippen LogP) is 3.91. The molecule has 0 atom stereocenters. The van der Waals surface area contributed by atoms with E-state index in [0.29, 0.717) is 17.1 Å². The van der Waals surface area contributed by atoms with Gasteiger partial charge in [-0.1, -0.05) is 30.2 Å². The second kappa shape index (κ2) is 7.68. The van der Waals surface area contributed by atoms with Gasteiger partial charge in [-0.2, -0.15) is 5.26 Å². The predicted molar refractivity (Wildman–Crippen MR) is 87.2 cm³/mol. The summed E-state index contributed by atoms with van der Waals surface area (Å²) in [5, 5.41) is 9.30. The summed E-state index contributed by atoms with van der Waals surface area (Å²) in [6, 6.07) is 13.3. The second-order valence-electron chi connectivity index (χ2n) is 4.55. The average Bonchev–Trinajstić information content (AvgIpc) is 2.59. The lowest BCUT2D eigenvalue weighted by Gasteiger charge is -2.09. The van der Waals surface area contributed by atoms with Crippen molar-refractivity contribution >= 4 is 11.6 Å². The first-order valence-corrected chi connectivity index (χ1v) is 6.80. The number of hydrogen-bond donors (Lipinski definition) is 0. The molecule has 23 heavy (non-hydrogen) atoms. The van der Waals surface area contributed by atoms with Crippen molar-refractivity contribution in [2.24, 2.45) is 0 Å². The number of nitriles is 1. The summed E-state index contributed by atoms with van der Waals surface area (Å²) in [6.45, 7) is 0.129. The Morgan fingerprint density at radius 3 is 2.70 bits per heavy atom. The lowest BCUT2D eigenvalue weighted by atomic mass is 10.0. The van der Waals surface area contributed by atoms with Gasteiger partial charge in [-0.15, -0.1) is 6.42 Å². The van der Waals surface area contributed by atoms with Crippen LogP contribution in [0.3, 0.4) is 0 Å². The highest BCUT2D eigenvalue weighted by Crippen LogP contribution is 2.30. The molecular weight excluding hydrogens is 293 g/mol. The van der Waals surface area contributed by atoms with Crippen LogP contribution in [0.4, 0.5) is 4.39 Å². The zero-order chi connectivity index (χ0) is 16.7. The molecule has 0 bridgehead atoms. The highest BCUT2D eigenvalue weighted by Gasteiger charge is 2.09. The summed E-state index contributed by atoms with van der Waals surface area (Å²) in [4.78, 5) is 0. The standard InChI is InChI=1S/C19H14FNO2/c1-3-10-23-18-9-8-14(12-19(18)22-2)11-15(13-21)16-6-4-5-7-17(16)20/h1,4-9,11-12H,10H2,2H3. The number of allylic oxidation sites excluding steroid dienone is 1. The molecule has 4 heteroatoms. The maximum Gasteiger partial charge on any atom is 0.162 e. The van der Waals surface area contributed by atoms with Gasteiger partial charge >= 0.3 is 0 Å². The Bertz CT molecular complexity index is 813. The van der Waals surface area contributed by atoms with Gasteiger partial charge in [-0.05, 0) is 29.8 Å². The molecule has 0 aliphatic rings. The van der Waals surface area contributed by atoms with Crippen LogP contribution in [0.1, 0.15) is 11.1 Å². The first-order valence-electron chi connectivity index (χ1n) is 6.80. The molecule has 2 aromatic rings. The van der Waals surface area contributed by atoms with E-state index in [4.69, 9.17) is 15.9 Å². The molecule has 0 heterocycles. The molecule has 0 aliphatic carbocycles. The van der Waals surface area contributed by atoms with Gasteiger partial charge in [0.1, 0.15) is 12.4 Å². The van der Waals surface area contributed by atoms with E-state index in [1.54, 1.807) is 42.5 Å². The summed E-state index contributed by atoms with van der Waals surface area (Å²) < 4.78 is 24.4. The van der Waals surface area contributed by atoms with Crippen molar-refractivity contribution in [3.05, 3.63) is 59.4 Å². The number of hydrogen-bond acceptors (Lipinski definition) is 3. The number of rotatable bonds is 5. The third-order valence-corrected chi connectivity index (χ3v) is 3.09. The molecule has 0 radical (unpaired) electrons. The topological polar surface area (TPSA) is 42.2 Å². The van der Waals surface area contributed by atoms with Crippen LogP contribution < -0.4 is 9.47 Å². The van der Waals surface area contributed by atoms with Crippen molar-refractivity contribution in [3.8, 4) is 29.9 Å². The fourth-order valence-corrected chi connectivity index (χ4v) is 2.03. The van der Waals surface area contributed by atoms with Crippen molar-refractivity contribution in [3.63, 3.8) is 0 Å². The molecule has 0 saturated heterocycles. The van der Waals surface area contributed by atoms with E-state index >= 15 is 0 Å². The molecule has 0 aliphatic heterocycles. The molecule has 3 nitrogen and oxygen atoms in total. The van der Waals surface area contributed by atoms with Gasteiger partial charge in [-0.25, -0.2) is 4.39 Å². The van der Waals surface area contributed by atoms with Crippen LogP contribution in [-0.4, -0.2) is 13.7 Å². The number of nitrogens with zero attached hydrogens (tertiary/aromatic N) is 1. The Labute approximate surface area is 134 Å². The Morgan fingerprint density at radius 2 is 2.04 bits per heavy atom. The molecule has 2 aromatic carbocycles. The van der Waals surface area contributed by atoms with E-state index in [-0.39, 0.29) is 17.7 Å². The minimum absolute atomic E-state index is 0.129. The summed E-state index contributed by atoms with van der Waals surface area (Å²) in [7, 11) is 1.51. The molecule has 2 rings (SSSR count). The maximum atomic E-state index is 13.8. The zero-order valence-corrected chi connectivity index (χ0v) is 12.5. The summed E-state index contributed by atoms with van der Waals surface area (Å²) >= 11 is 0. The largest absolute Gasteiger partial charge is 0.493 e. The number of methoxy groups -OCH3 is 1. The fraction of sp³-hybridized carbons (Fsp3) is 0.105. The molecule has 0 spiro atoms. The normalized spacial score (nSPS) is 10.5. The smallest absolute Gasteiger partial charge is 0.162 e. The quantitative estimate of drug-likeness (QED) is 0.478. The second-order valence-corrected chi connectivity index (χ2v) is 4.55. The van der Waals surface area contributed by atoms with Crippen LogP contribution in [0.2, 0.25) is 0 Å². The first kappa shape index (κ1) is 16.1. The third kappa shape index (κ3) is 3.90. The fourth-order valence-electron chi connectivity index (χ4n) is 2.03. The minimum atomic E-state index is -0.443. The number of halogens is 1. The number of ether oxygens (including phenoxy) is 2. The monoisotopic (exact) mass is 307 g/mol. The average molecular weight is 307 g/mol. The molecule has 114 valence electrons. The van der Waals surface area contributed by atoms with Gasteiger partial charge in [0.2, 0.25) is 0 Å². The van der Waals surface area contributed by atoms with Crippen molar-refractivity contribution < 1.29 is 13.9 Å². The Balaban J connectivity index is 2.40. The van der Waals surface area contributed by atoms with Crippen LogP contribution >= 0.6 is 0 Å². The van der Waals surface area contributed by atoms with Gasteiger partial charge in [0.15, 0.2) is 11.5 Å².